The van der Waals surface area contributed by atoms with Gasteiger partial charge in [-0.15, -0.1) is 0 Å². The predicted octanol–water partition coefficient (Wildman–Crippen LogP) is 4.96. The summed E-state index contributed by atoms with van der Waals surface area (Å²) in [6.07, 6.45) is 2.82. The number of nitrogens with one attached hydrogen (secondary N) is 2. The molecular weight excluding hydrogens is 522 g/mol. The first-order chi connectivity index (χ1) is 18.8. The number of sulfone groups is 1. The van der Waals surface area contributed by atoms with Crippen molar-refractivity contribution in [3.8, 4) is 45.9 Å². The van der Waals surface area contributed by atoms with Gasteiger partial charge in [0.15, 0.2) is 33.0 Å². The van der Waals surface area contributed by atoms with Crippen molar-refractivity contribution in [2.45, 2.75) is 4.90 Å². The Hall–Kier alpha value is -5.23. The molecule has 0 saturated heterocycles. The summed E-state index contributed by atoms with van der Waals surface area (Å²) >= 11 is 0. The maximum Gasteiger partial charge on any atom is 0.439 e. The lowest BCUT2D eigenvalue weighted by Crippen LogP contribution is -1.97. The third kappa shape index (κ3) is 5.00. The SMILES string of the molecule is CS(=O)(=O)c1ccc(Oc2cc3[nH]c(-c4ccccn4)nc3cc2Oc2ccccc2-c2noc(=O)[nH]2)cc1. The number of pyridine rings is 1. The Kier molecular flexibility index (Phi) is 5.92. The van der Waals surface area contributed by atoms with Crippen molar-refractivity contribution in [3.63, 3.8) is 0 Å². The van der Waals surface area contributed by atoms with Crippen LogP contribution < -0.4 is 15.2 Å². The van der Waals surface area contributed by atoms with Crippen LogP contribution in [0.3, 0.4) is 0 Å². The largest absolute Gasteiger partial charge is 0.453 e. The Labute approximate surface area is 221 Å². The third-order valence-electron chi connectivity index (χ3n) is 5.74. The minimum absolute atomic E-state index is 0.172. The number of hydrogen-bond acceptors (Lipinski definition) is 9. The molecule has 0 radical (unpaired) electrons. The van der Waals surface area contributed by atoms with Crippen molar-refractivity contribution in [1.29, 1.82) is 0 Å². The van der Waals surface area contributed by atoms with Gasteiger partial charge in [-0.1, -0.05) is 23.4 Å². The van der Waals surface area contributed by atoms with Crippen molar-refractivity contribution < 1.29 is 22.4 Å². The van der Waals surface area contributed by atoms with Gasteiger partial charge in [0.25, 0.3) is 0 Å². The minimum atomic E-state index is -3.36. The number of aromatic amines is 2. The van der Waals surface area contributed by atoms with Crippen LogP contribution in [0.1, 0.15) is 0 Å². The highest BCUT2D eigenvalue weighted by atomic mass is 32.2. The molecule has 6 rings (SSSR count). The molecule has 0 bridgehead atoms. The molecule has 0 unspecified atom stereocenters. The number of aromatic nitrogens is 5. The number of hydrogen-bond donors (Lipinski definition) is 2. The van der Waals surface area contributed by atoms with E-state index in [2.05, 4.69) is 29.6 Å². The van der Waals surface area contributed by atoms with Crippen LogP contribution in [-0.4, -0.2) is 39.8 Å². The highest BCUT2D eigenvalue weighted by Crippen LogP contribution is 2.40. The summed E-state index contributed by atoms with van der Waals surface area (Å²) in [7, 11) is -3.36. The zero-order valence-electron chi connectivity index (χ0n) is 20.3. The molecule has 12 heteroatoms. The van der Waals surface area contributed by atoms with Gasteiger partial charge in [-0.2, -0.15) is 0 Å². The second-order valence-corrected chi connectivity index (χ2v) is 10.5. The predicted molar refractivity (Wildman–Crippen MR) is 142 cm³/mol. The molecule has 0 amide bonds. The average Bonchev–Trinajstić information content (AvgIpc) is 3.55. The summed E-state index contributed by atoms with van der Waals surface area (Å²) in [6.45, 7) is 0. The van der Waals surface area contributed by atoms with Crippen molar-refractivity contribution in [2.75, 3.05) is 6.26 Å². The summed E-state index contributed by atoms with van der Waals surface area (Å²) < 4.78 is 40.8. The zero-order chi connectivity index (χ0) is 27.0. The second kappa shape index (κ2) is 9.58. The first kappa shape index (κ1) is 24.1. The quantitative estimate of drug-likeness (QED) is 0.286. The van der Waals surface area contributed by atoms with E-state index in [0.717, 1.165) is 6.26 Å². The molecule has 3 heterocycles. The van der Waals surface area contributed by atoms with Crippen LogP contribution in [0, 0.1) is 0 Å². The van der Waals surface area contributed by atoms with Crippen LogP contribution in [-0.2, 0) is 9.84 Å². The number of rotatable bonds is 7. The van der Waals surface area contributed by atoms with Crippen LogP contribution in [0.2, 0.25) is 0 Å². The molecule has 39 heavy (non-hydrogen) atoms. The van der Waals surface area contributed by atoms with Crippen LogP contribution in [0.4, 0.5) is 0 Å². The standard InChI is InChI=1S/C27H19N5O6S/c1-39(34,35)17-11-9-16(10-12-17)36-23-14-20-21(30-26(29-20)19-7-4-5-13-28-19)15-24(23)37-22-8-3-2-6-18(22)25-31-27(33)38-32-25/h2-15H,1H3,(H,29,30)(H,31,32,33). The average molecular weight is 542 g/mol. The first-order valence-corrected chi connectivity index (χ1v) is 13.5. The van der Waals surface area contributed by atoms with Crippen molar-refractivity contribution in [3.05, 3.63) is 95.6 Å². The summed E-state index contributed by atoms with van der Waals surface area (Å²) in [6, 6.07) is 22.0. The van der Waals surface area contributed by atoms with E-state index in [1.165, 1.54) is 12.1 Å². The fourth-order valence-electron chi connectivity index (χ4n) is 3.90. The number of para-hydroxylation sites is 1. The van der Waals surface area contributed by atoms with Crippen molar-refractivity contribution in [1.82, 2.24) is 25.1 Å². The Bertz CT molecular complexity index is 1960. The molecule has 0 fully saturated rings. The van der Waals surface area contributed by atoms with Crippen LogP contribution >= 0.6 is 0 Å². The maximum atomic E-state index is 11.9. The van der Waals surface area contributed by atoms with Gasteiger partial charge in [0, 0.05) is 24.6 Å². The molecule has 2 N–H and O–H groups in total. The lowest BCUT2D eigenvalue weighted by Gasteiger charge is -2.14. The van der Waals surface area contributed by atoms with E-state index in [-0.39, 0.29) is 10.7 Å². The molecule has 6 aromatic rings. The van der Waals surface area contributed by atoms with Crippen molar-refractivity contribution in [2.24, 2.45) is 0 Å². The van der Waals surface area contributed by atoms with Crippen LogP contribution in [0.25, 0.3) is 33.9 Å². The van der Waals surface area contributed by atoms with E-state index in [4.69, 9.17) is 9.47 Å². The fraction of sp³-hybridized carbons (Fsp3) is 0.0370. The van der Waals surface area contributed by atoms with Crippen molar-refractivity contribution >= 4 is 20.9 Å². The summed E-state index contributed by atoms with van der Waals surface area (Å²) in [5.41, 5.74) is 2.41. The summed E-state index contributed by atoms with van der Waals surface area (Å²) in [4.78, 5) is 26.5. The minimum Gasteiger partial charge on any atom is -0.453 e. The van der Waals surface area contributed by atoms with E-state index >= 15 is 0 Å². The zero-order valence-corrected chi connectivity index (χ0v) is 21.1. The highest BCUT2D eigenvalue weighted by Gasteiger charge is 2.18. The summed E-state index contributed by atoms with van der Waals surface area (Å²) in [5, 5.41) is 3.77. The third-order valence-corrected chi connectivity index (χ3v) is 6.87. The Balaban J connectivity index is 1.44. The topological polar surface area (TPSA) is 153 Å². The van der Waals surface area contributed by atoms with E-state index in [1.54, 1.807) is 54.7 Å². The van der Waals surface area contributed by atoms with Gasteiger partial charge in [-0.3, -0.25) is 14.5 Å². The molecule has 11 nitrogen and oxygen atoms in total. The number of nitrogens with zero attached hydrogens (tertiary/aromatic N) is 3. The normalized spacial score (nSPS) is 11.5. The number of ether oxygens (including phenoxy) is 2. The smallest absolute Gasteiger partial charge is 0.439 e. The fourth-order valence-corrected chi connectivity index (χ4v) is 4.53. The lowest BCUT2D eigenvalue weighted by molar-refractivity contribution is 0.387. The van der Waals surface area contributed by atoms with Gasteiger partial charge < -0.3 is 14.5 Å². The second-order valence-electron chi connectivity index (χ2n) is 8.50. The molecule has 0 aliphatic carbocycles. The molecule has 194 valence electrons. The molecule has 0 aliphatic heterocycles. The maximum absolute atomic E-state index is 11.9. The van der Waals surface area contributed by atoms with E-state index < -0.39 is 15.6 Å². The van der Waals surface area contributed by atoms with Gasteiger partial charge in [0.2, 0.25) is 0 Å². The lowest BCUT2D eigenvalue weighted by atomic mass is 10.2. The molecule has 0 saturated carbocycles. The molecule has 0 spiro atoms. The molecular formula is C27H19N5O6S. The number of benzene rings is 3. The molecule has 0 atom stereocenters. The first-order valence-electron chi connectivity index (χ1n) is 11.6. The van der Waals surface area contributed by atoms with E-state index in [1.807, 2.05) is 18.2 Å². The van der Waals surface area contributed by atoms with Gasteiger partial charge >= 0.3 is 5.76 Å². The number of imidazole rings is 1. The number of fused-ring (bicyclic) bond motifs is 1. The van der Waals surface area contributed by atoms with E-state index in [0.29, 0.717) is 51.1 Å². The van der Waals surface area contributed by atoms with Crippen LogP contribution in [0.15, 0.2) is 99.3 Å². The summed E-state index contributed by atoms with van der Waals surface area (Å²) in [5.74, 6) is 1.48. The van der Waals surface area contributed by atoms with Gasteiger partial charge in [0.1, 0.15) is 17.2 Å². The Morgan fingerprint density at radius 3 is 2.31 bits per heavy atom. The molecule has 3 aromatic heterocycles. The monoisotopic (exact) mass is 541 g/mol. The molecule has 0 aliphatic rings. The van der Waals surface area contributed by atoms with Gasteiger partial charge in [0.05, 0.1) is 21.5 Å². The number of H-pyrrole nitrogens is 2. The van der Waals surface area contributed by atoms with Gasteiger partial charge in [-0.25, -0.2) is 18.2 Å². The Morgan fingerprint density at radius 1 is 0.821 bits per heavy atom. The van der Waals surface area contributed by atoms with Gasteiger partial charge in [-0.05, 0) is 48.5 Å². The van der Waals surface area contributed by atoms with E-state index in [9.17, 15) is 13.2 Å². The Morgan fingerprint density at radius 2 is 1.59 bits per heavy atom. The van der Waals surface area contributed by atoms with Crippen LogP contribution in [0.5, 0.6) is 23.0 Å². The molecule has 3 aromatic carbocycles. The highest BCUT2D eigenvalue weighted by molar-refractivity contribution is 7.90.